The van der Waals surface area contributed by atoms with Crippen LogP contribution in [0.15, 0.2) is 55.6 Å². The van der Waals surface area contributed by atoms with Gasteiger partial charge in [-0.3, -0.25) is 14.4 Å². The van der Waals surface area contributed by atoms with E-state index in [0.717, 1.165) is 19.3 Å². The van der Waals surface area contributed by atoms with Crippen molar-refractivity contribution in [3.05, 3.63) is 61.2 Å². The number of amides is 2. The van der Waals surface area contributed by atoms with Crippen molar-refractivity contribution in [2.45, 2.75) is 74.1 Å². The molecule has 0 aliphatic carbocycles. The Kier molecular flexibility index (Phi) is 10.2. The minimum absolute atomic E-state index is 0.217. The van der Waals surface area contributed by atoms with E-state index in [4.69, 9.17) is 9.47 Å². The molecule has 3 aliphatic heterocycles. The lowest BCUT2D eigenvalue weighted by atomic mass is 9.70. The first-order chi connectivity index (χ1) is 19.4. The highest BCUT2D eigenvalue weighted by Crippen LogP contribution is 2.61. The number of carbonyl (C=O) groups excluding carboxylic acids is 3. The number of hydrogen-bond donors (Lipinski definition) is 1. The fraction of sp³-hybridized carbons (Fsp3) is 0.581. The van der Waals surface area contributed by atoms with Crippen molar-refractivity contribution in [3.8, 4) is 0 Å². The number of aliphatic hydroxyl groups is 1. The number of esters is 1. The number of ether oxygens (including phenoxy) is 2. The first-order valence-corrected chi connectivity index (χ1v) is 15.2. The number of carbonyl (C=O) groups is 3. The summed E-state index contributed by atoms with van der Waals surface area (Å²) in [6.07, 6.45) is 7.39. The average molecular weight is 618 g/mol. The largest absolute Gasteiger partial charge is 0.465 e. The normalized spacial score (nSPS) is 29.2. The van der Waals surface area contributed by atoms with E-state index in [1.807, 2.05) is 30.3 Å². The lowest BCUT2D eigenvalue weighted by Gasteiger charge is -2.39. The second-order valence-corrected chi connectivity index (χ2v) is 12.1. The van der Waals surface area contributed by atoms with E-state index in [1.165, 1.54) is 4.90 Å². The van der Waals surface area contributed by atoms with Gasteiger partial charge in [-0.1, -0.05) is 78.2 Å². The van der Waals surface area contributed by atoms with Crippen molar-refractivity contribution in [2.24, 2.45) is 11.8 Å². The Morgan fingerprint density at radius 2 is 2.00 bits per heavy atom. The van der Waals surface area contributed by atoms with Gasteiger partial charge in [-0.2, -0.15) is 0 Å². The predicted octanol–water partition coefficient (Wildman–Crippen LogP) is 4.18. The molecule has 3 saturated heterocycles. The molecule has 4 rings (SSSR count). The molecule has 3 heterocycles. The molecule has 0 aromatic heterocycles. The second-order valence-electron chi connectivity index (χ2n) is 10.9. The molecule has 8 nitrogen and oxygen atoms in total. The molecule has 3 unspecified atom stereocenters. The van der Waals surface area contributed by atoms with Gasteiger partial charge in [0.05, 0.1) is 37.2 Å². The smallest absolute Gasteiger partial charge is 0.312 e. The number of fused-ring (bicyclic) bond motifs is 1. The molecule has 218 valence electrons. The van der Waals surface area contributed by atoms with Gasteiger partial charge in [-0.05, 0) is 31.2 Å². The molecule has 40 heavy (non-hydrogen) atoms. The van der Waals surface area contributed by atoms with Crippen LogP contribution in [0.3, 0.4) is 0 Å². The Morgan fingerprint density at radius 3 is 2.65 bits per heavy atom. The summed E-state index contributed by atoms with van der Waals surface area (Å²) in [5, 5.41) is 10.6. The Bertz CT molecular complexity index is 1080. The maximum absolute atomic E-state index is 14.5. The van der Waals surface area contributed by atoms with Gasteiger partial charge in [0.25, 0.3) is 0 Å². The molecule has 1 aromatic carbocycles. The van der Waals surface area contributed by atoms with E-state index in [-0.39, 0.29) is 29.9 Å². The minimum atomic E-state index is -1.22. The van der Waals surface area contributed by atoms with Crippen LogP contribution in [0.25, 0.3) is 0 Å². The van der Waals surface area contributed by atoms with E-state index < -0.39 is 41.6 Å². The highest BCUT2D eigenvalue weighted by Gasteiger charge is 2.77. The van der Waals surface area contributed by atoms with Crippen LogP contribution in [-0.2, 0) is 23.9 Å². The second kappa shape index (κ2) is 13.4. The highest BCUT2D eigenvalue weighted by atomic mass is 79.9. The zero-order chi connectivity index (χ0) is 28.9. The molecular weight excluding hydrogens is 576 g/mol. The third-order valence-electron chi connectivity index (χ3n) is 8.42. The fourth-order valence-electron chi connectivity index (χ4n) is 6.65. The SMILES string of the molecule is C=CCCCOC(=O)[C@H]1[C@@H]2OC3(CC2Br)C(C(=O)N(CC=C)CCCCC)N([C@H](CO)c2ccccc2)C(=O)[C@H]13. The van der Waals surface area contributed by atoms with Crippen LogP contribution < -0.4 is 0 Å². The molecule has 2 amide bonds. The van der Waals surface area contributed by atoms with E-state index in [9.17, 15) is 19.5 Å². The number of likely N-dealkylation sites (tertiary alicyclic amines) is 1. The molecule has 3 fully saturated rings. The number of alkyl halides is 1. The Hall–Kier alpha value is -2.49. The highest BCUT2D eigenvalue weighted by molar-refractivity contribution is 9.09. The number of allylic oxidation sites excluding steroid dienone is 1. The van der Waals surface area contributed by atoms with Gasteiger partial charge >= 0.3 is 5.97 Å². The molecule has 2 bridgehead atoms. The van der Waals surface area contributed by atoms with E-state index in [1.54, 1.807) is 17.1 Å². The molecule has 0 saturated carbocycles. The molecule has 7 atom stereocenters. The number of nitrogens with zero attached hydrogens (tertiary/aromatic N) is 2. The lowest BCUT2D eigenvalue weighted by molar-refractivity contribution is -0.156. The van der Waals surface area contributed by atoms with Crippen molar-refractivity contribution in [3.63, 3.8) is 0 Å². The van der Waals surface area contributed by atoms with Crippen LogP contribution in [0.1, 0.15) is 57.1 Å². The summed E-state index contributed by atoms with van der Waals surface area (Å²) in [6.45, 7) is 10.3. The molecule has 0 radical (unpaired) electrons. The van der Waals surface area contributed by atoms with E-state index in [0.29, 0.717) is 37.9 Å². The monoisotopic (exact) mass is 616 g/mol. The van der Waals surface area contributed by atoms with Gasteiger partial charge in [0.2, 0.25) is 11.8 Å². The summed E-state index contributed by atoms with van der Waals surface area (Å²) in [6, 6.07) is 7.42. The third kappa shape index (κ3) is 5.52. The predicted molar refractivity (Wildman–Crippen MR) is 156 cm³/mol. The van der Waals surface area contributed by atoms with Gasteiger partial charge in [0, 0.05) is 17.9 Å². The van der Waals surface area contributed by atoms with E-state index >= 15 is 0 Å². The lowest BCUT2D eigenvalue weighted by Crippen LogP contribution is -2.57. The number of unbranched alkanes of at least 4 members (excludes halogenated alkanes) is 3. The Morgan fingerprint density at radius 1 is 1.25 bits per heavy atom. The molecule has 1 spiro atoms. The summed E-state index contributed by atoms with van der Waals surface area (Å²) in [7, 11) is 0. The Labute approximate surface area is 245 Å². The van der Waals surface area contributed by atoms with Crippen LogP contribution in [0.4, 0.5) is 0 Å². The fourth-order valence-corrected chi connectivity index (χ4v) is 7.59. The van der Waals surface area contributed by atoms with Gasteiger partial charge < -0.3 is 24.4 Å². The summed E-state index contributed by atoms with van der Waals surface area (Å²) in [4.78, 5) is 45.3. The number of halogens is 1. The molecule has 9 heteroatoms. The van der Waals surface area contributed by atoms with E-state index in [2.05, 4.69) is 36.0 Å². The molecule has 3 aliphatic rings. The van der Waals surface area contributed by atoms with Crippen LogP contribution in [0.2, 0.25) is 0 Å². The van der Waals surface area contributed by atoms with Crippen LogP contribution in [-0.4, -0.2) is 81.6 Å². The van der Waals surface area contributed by atoms with Crippen molar-refractivity contribution < 1.29 is 29.0 Å². The van der Waals surface area contributed by atoms with Crippen LogP contribution >= 0.6 is 15.9 Å². The van der Waals surface area contributed by atoms with Gasteiger partial charge in [0.1, 0.15) is 11.6 Å². The number of aliphatic hydroxyl groups excluding tert-OH is 1. The van der Waals surface area contributed by atoms with Crippen molar-refractivity contribution in [2.75, 3.05) is 26.3 Å². The first-order valence-electron chi connectivity index (χ1n) is 14.3. The average Bonchev–Trinajstić information content (AvgIpc) is 3.55. The summed E-state index contributed by atoms with van der Waals surface area (Å²) >= 11 is 3.70. The van der Waals surface area contributed by atoms with Crippen LogP contribution in [0.5, 0.6) is 0 Å². The van der Waals surface area contributed by atoms with Gasteiger partial charge in [-0.15, -0.1) is 13.2 Å². The Balaban J connectivity index is 1.76. The van der Waals surface area contributed by atoms with Crippen molar-refractivity contribution in [1.82, 2.24) is 9.80 Å². The van der Waals surface area contributed by atoms with Crippen molar-refractivity contribution >= 4 is 33.7 Å². The molecule has 1 aromatic rings. The maximum Gasteiger partial charge on any atom is 0.312 e. The topological polar surface area (TPSA) is 96.4 Å². The zero-order valence-corrected chi connectivity index (χ0v) is 24.8. The first kappa shape index (κ1) is 30.5. The molecule has 1 N–H and O–H groups in total. The summed E-state index contributed by atoms with van der Waals surface area (Å²) < 4.78 is 12.2. The number of benzene rings is 1. The number of hydrogen-bond acceptors (Lipinski definition) is 6. The zero-order valence-electron chi connectivity index (χ0n) is 23.3. The quantitative estimate of drug-likeness (QED) is 0.137. The van der Waals surface area contributed by atoms with Gasteiger partial charge in [0.15, 0.2) is 0 Å². The van der Waals surface area contributed by atoms with Gasteiger partial charge in [-0.25, -0.2) is 0 Å². The summed E-state index contributed by atoms with van der Waals surface area (Å²) in [5.74, 6) is -2.83. The summed E-state index contributed by atoms with van der Waals surface area (Å²) in [5.41, 5.74) is -0.508. The standard InChI is InChI=1S/C31H41BrN2O6/c1-4-7-12-17-33(16-6-3)29(37)27-31-19-22(32)26(40-31)24(30(38)39-18-13-8-5-2)25(31)28(36)34(27)23(20-35)21-14-10-9-11-15-21/h5-6,9-11,14-15,22-27,35H,2-4,7-8,12-13,16-20H2,1H3/t22?,23-,24-,25+,26-,27?,31?/m1/s1. The number of rotatable bonds is 15. The third-order valence-corrected chi connectivity index (χ3v) is 9.26. The maximum atomic E-state index is 14.5. The van der Waals surface area contributed by atoms with Crippen molar-refractivity contribution in [1.29, 1.82) is 0 Å². The minimum Gasteiger partial charge on any atom is -0.465 e. The van der Waals surface area contributed by atoms with Crippen LogP contribution in [0, 0.1) is 11.8 Å². The molecular formula is C31H41BrN2O6.